The standard InChI is InChI=1S/C50H60ClN9O7S2/c1-26-29(4)69-49-42(26)43(32-13-15-34(51)16-14-32)55-38(46-58-57-30(5)60(46)49)22-40(62)52-17-18-66-36-20-37(21-36)67-24-41(63)56-45(50(6,7)8)48(65)59-23-35(61)19-39(59)47(64)54-27(2)31-9-11-33(12-10-31)44-28(3)53-25-68-44/h9-16,25,27,35-39,45,61H,17-24H2,1-8H3,(H,52,62)(H,54,64)(H,56,63)/t27-,35+,36?,37?,38-,39-,45+/m0/s1. The van der Waals surface area contributed by atoms with Gasteiger partial charge in [-0.05, 0) is 81.7 Å². The molecule has 16 nitrogen and oxygen atoms in total. The molecular weight excluding hydrogens is 938 g/mol. The molecule has 2 fully saturated rings. The summed E-state index contributed by atoms with van der Waals surface area (Å²) in [4.78, 5) is 67.7. The zero-order valence-electron chi connectivity index (χ0n) is 40.2. The number of aromatic nitrogens is 4. The van der Waals surface area contributed by atoms with Crippen molar-refractivity contribution in [3.8, 4) is 15.4 Å². The minimum absolute atomic E-state index is 0.0268. The summed E-state index contributed by atoms with van der Waals surface area (Å²) in [7, 11) is 0. The van der Waals surface area contributed by atoms with E-state index in [-0.39, 0.29) is 62.7 Å². The van der Waals surface area contributed by atoms with E-state index >= 15 is 0 Å². The van der Waals surface area contributed by atoms with E-state index in [4.69, 9.17) is 26.1 Å². The molecule has 0 spiro atoms. The lowest BCUT2D eigenvalue weighted by atomic mass is 9.85. The second-order valence-electron chi connectivity index (χ2n) is 19.2. The zero-order chi connectivity index (χ0) is 49.3. The highest BCUT2D eigenvalue weighted by molar-refractivity contribution is 7.15. The Morgan fingerprint density at radius 3 is 2.29 bits per heavy atom. The number of fused-ring (bicyclic) bond motifs is 3. The lowest BCUT2D eigenvalue weighted by Crippen LogP contribution is -2.58. The Balaban J connectivity index is 0.784. The first-order chi connectivity index (χ1) is 32.9. The number of thiophene rings is 1. The number of halogens is 1. The molecule has 366 valence electrons. The quantitative estimate of drug-likeness (QED) is 0.0774. The smallest absolute Gasteiger partial charge is 0.246 e. The van der Waals surface area contributed by atoms with Gasteiger partial charge in [-0.15, -0.1) is 32.9 Å². The monoisotopic (exact) mass is 997 g/mol. The van der Waals surface area contributed by atoms with Gasteiger partial charge in [0.1, 0.15) is 35.6 Å². The van der Waals surface area contributed by atoms with Gasteiger partial charge in [0.05, 0.1) is 59.2 Å². The Morgan fingerprint density at radius 2 is 1.61 bits per heavy atom. The summed E-state index contributed by atoms with van der Waals surface area (Å²) in [6.45, 7) is 15.7. The number of benzene rings is 2. The number of nitrogens with zero attached hydrogens (tertiary/aromatic N) is 6. The molecule has 5 aromatic rings. The minimum Gasteiger partial charge on any atom is -0.391 e. The number of ether oxygens (including phenoxy) is 2. The van der Waals surface area contributed by atoms with Crippen LogP contribution in [-0.4, -0.2) is 116 Å². The molecule has 2 aromatic carbocycles. The number of hydrogen-bond acceptors (Lipinski definition) is 13. The molecule has 5 atom stereocenters. The fourth-order valence-corrected chi connectivity index (χ4v) is 11.1. The van der Waals surface area contributed by atoms with Crippen molar-refractivity contribution in [2.45, 2.75) is 124 Å². The maximum absolute atomic E-state index is 14.1. The van der Waals surface area contributed by atoms with Crippen molar-refractivity contribution in [1.29, 1.82) is 0 Å². The molecule has 2 aliphatic heterocycles. The van der Waals surface area contributed by atoms with Crippen molar-refractivity contribution >= 4 is 63.6 Å². The van der Waals surface area contributed by atoms with Crippen LogP contribution in [0.2, 0.25) is 5.02 Å². The van der Waals surface area contributed by atoms with Crippen molar-refractivity contribution in [2.24, 2.45) is 10.4 Å². The molecule has 0 radical (unpaired) electrons. The fraction of sp³-hybridized carbons (Fsp3) is 0.480. The number of aliphatic hydroxyl groups is 1. The Bertz CT molecular complexity index is 2720. The number of rotatable bonds is 16. The Morgan fingerprint density at radius 1 is 0.913 bits per heavy atom. The first-order valence-electron chi connectivity index (χ1n) is 23.3. The molecule has 3 aliphatic rings. The number of amides is 4. The SMILES string of the molecule is Cc1ncsc1-c1ccc([C@H](C)NC(=O)[C@@H]2C[C@@H](O)CN2C(=O)[C@@H](NC(=O)COC2CC(OCCNC(=O)C[C@@H]3N=C(c4ccc(Cl)cc4)c4c(sc(C)c4C)-n4c(C)nnc43)C2)C(C)(C)C)cc1. The van der Waals surface area contributed by atoms with Gasteiger partial charge in [-0.2, -0.15) is 0 Å². The van der Waals surface area contributed by atoms with Gasteiger partial charge in [-0.1, -0.05) is 68.8 Å². The highest BCUT2D eigenvalue weighted by Crippen LogP contribution is 2.40. The van der Waals surface area contributed by atoms with Crippen LogP contribution in [0, 0.1) is 33.1 Å². The molecule has 1 saturated heterocycles. The van der Waals surface area contributed by atoms with E-state index in [1.165, 1.54) is 4.90 Å². The summed E-state index contributed by atoms with van der Waals surface area (Å²) in [6.07, 6.45) is 0.0900. The van der Waals surface area contributed by atoms with Gasteiger partial charge < -0.3 is 35.4 Å². The van der Waals surface area contributed by atoms with Crippen LogP contribution in [0.15, 0.2) is 59.0 Å². The van der Waals surface area contributed by atoms with Crippen molar-refractivity contribution in [1.82, 2.24) is 40.6 Å². The summed E-state index contributed by atoms with van der Waals surface area (Å²) < 4.78 is 13.9. The molecule has 8 rings (SSSR count). The lowest BCUT2D eigenvalue weighted by molar-refractivity contribution is -0.147. The van der Waals surface area contributed by atoms with Crippen molar-refractivity contribution < 1.29 is 33.8 Å². The third-order valence-corrected chi connectivity index (χ3v) is 15.5. The van der Waals surface area contributed by atoms with Crippen LogP contribution in [0.5, 0.6) is 0 Å². The number of carbonyl (C=O) groups is 4. The number of aliphatic imine (C=N–C) groups is 1. The van der Waals surface area contributed by atoms with Crippen molar-refractivity contribution in [3.05, 3.63) is 104 Å². The number of likely N-dealkylation sites (tertiary alicyclic amines) is 1. The number of hydrogen-bond donors (Lipinski definition) is 4. The number of aryl methyl sites for hydroxylation is 3. The average Bonchev–Trinajstić information content (AvgIpc) is 4.06. The molecule has 0 unspecified atom stereocenters. The molecule has 4 N–H and O–H groups in total. The summed E-state index contributed by atoms with van der Waals surface area (Å²) >= 11 is 9.47. The van der Waals surface area contributed by atoms with Crippen LogP contribution in [0.4, 0.5) is 0 Å². The second kappa shape index (κ2) is 20.9. The van der Waals surface area contributed by atoms with Crippen LogP contribution in [0.25, 0.3) is 15.4 Å². The topological polar surface area (TPSA) is 202 Å². The maximum atomic E-state index is 14.1. The van der Waals surface area contributed by atoms with Gasteiger partial charge >= 0.3 is 0 Å². The summed E-state index contributed by atoms with van der Waals surface area (Å²) in [5.41, 5.74) is 7.78. The normalized spacial score (nSPS) is 20.8. The van der Waals surface area contributed by atoms with Gasteiger partial charge in [0.15, 0.2) is 5.82 Å². The van der Waals surface area contributed by atoms with E-state index in [0.29, 0.717) is 36.1 Å². The van der Waals surface area contributed by atoms with Crippen LogP contribution in [-0.2, 0) is 28.7 Å². The third-order valence-electron chi connectivity index (χ3n) is 13.1. The van der Waals surface area contributed by atoms with Gasteiger partial charge in [0, 0.05) is 40.5 Å². The van der Waals surface area contributed by atoms with E-state index in [1.807, 2.05) is 100 Å². The minimum atomic E-state index is -0.980. The predicted molar refractivity (Wildman–Crippen MR) is 266 cm³/mol. The highest BCUT2D eigenvalue weighted by atomic mass is 35.5. The number of aliphatic hydroxyl groups excluding tert-OH is 1. The molecule has 19 heteroatoms. The molecule has 4 amide bonds. The van der Waals surface area contributed by atoms with E-state index in [0.717, 1.165) is 54.0 Å². The predicted octanol–water partition coefficient (Wildman–Crippen LogP) is 6.67. The largest absolute Gasteiger partial charge is 0.391 e. The van der Waals surface area contributed by atoms with Gasteiger partial charge in [0.2, 0.25) is 23.6 Å². The van der Waals surface area contributed by atoms with E-state index in [1.54, 1.807) is 22.7 Å². The Labute approximate surface area is 415 Å². The van der Waals surface area contributed by atoms with Crippen LogP contribution < -0.4 is 16.0 Å². The highest BCUT2D eigenvalue weighted by Gasteiger charge is 2.45. The zero-order valence-corrected chi connectivity index (χ0v) is 42.6. The molecule has 1 saturated carbocycles. The van der Waals surface area contributed by atoms with Crippen LogP contribution in [0.3, 0.4) is 0 Å². The van der Waals surface area contributed by atoms with Gasteiger partial charge in [-0.3, -0.25) is 28.7 Å². The second-order valence-corrected chi connectivity index (χ2v) is 21.7. The van der Waals surface area contributed by atoms with E-state index in [9.17, 15) is 24.3 Å². The summed E-state index contributed by atoms with van der Waals surface area (Å²) in [5, 5.41) is 30.0. The summed E-state index contributed by atoms with van der Waals surface area (Å²) in [6, 6.07) is 12.7. The van der Waals surface area contributed by atoms with Crippen LogP contribution >= 0.6 is 34.3 Å². The maximum Gasteiger partial charge on any atom is 0.246 e. The number of β-amino-alcohol motifs (C(OH)–C–C–N with tert-alkyl or cyclic N) is 1. The number of carbonyl (C=O) groups excluding carboxylic acids is 4. The van der Waals surface area contributed by atoms with Crippen molar-refractivity contribution in [2.75, 3.05) is 26.3 Å². The van der Waals surface area contributed by atoms with Gasteiger partial charge in [-0.25, -0.2) is 4.98 Å². The van der Waals surface area contributed by atoms with E-state index < -0.39 is 41.5 Å². The third kappa shape index (κ3) is 11.2. The molecule has 1 aliphatic carbocycles. The Kier molecular flexibility index (Phi) is 15.2. The van der Waals surface area contributed by atoms with Crippen molar-refractivity contribution in [3.63, 3.8) is 0 Å². The lowest BCUT2D eigenvalue weighted by Gasteiger charge is -2.36. The molecule has 0 bridgehead atoms. The molecule has 3 aromatic heterocycles. The Hall–Kier alpha value is -5.37. The first kappa shape index (κ1) is 50.0. The molecule has 5 heterocycles. The first-order valence-corrected chi connectivity index (χ1v) is 25.4. The van der Waals surface area contributed by atoms with Gasteiger partial charge in [0.25, 0.3) is 0 Å². The molecule has 69 heavy (non-hydrogen) atoms. The van der Waals surface area contributed by atoms with Crippen LogP contribution in [0.1, 0.15) is 110 Å². The summed E-state index contributed by atoms with van der Waals surface area (Å²) in [5.74, 6) is -0.164. The average molecular weight is 999 g/mol. The van der Waals surface area contributed by atoms with E-state index in [2.05, 4.69) is 45.0 Å². The number of thiazole rings is 1. The molecular formula is C50H60ClN9O7S2. The number of nitrogens with one attached hydrogen (secondary N) is 3. The fourth-order valence-electron chi connectivity index (χ4n) is 9.00.